The molecule has 0 unspecified atom stereocenters. The van der Waals surface area contributed by atoms with Crippen molar-refractivity contribution >= 4 is 0 Å². The molecule has 1 aliphatic rings. The number of nitrogens with one attached hydrogen (secondary N) is 1. The van der Waals surface area contributed by atoms with Crippen LogP contribution in [0.2, 0.25) is 0 Å². The van der Waals surface area contributed by atoms with E-state index in [0.717, 1.165) is 24.2 Å². The standard InChI is InChI=1S/C23H32N2O2/c1-4-16-10-11-22-18(12-16)20(14-23(2,3)27-22)25-15-21(26)19(24)13-17-8-6-5-7-9-17/h5-12,19-21,25-26H,4,13-15,24H2,1-3H3/t19-,20+,21+/m1/s1. The number of benzene rings is 2. The molecule has 0 saturated heterocycles. The third-order valence-corrected chi connectivity index (χ3v) is 5.32. The van der Waals surface area contributed by atoms with E-state index in [1.165, 1.54) is 11.1 Å². The van der Waals surface area contributed by atoms with Crippen LogP contribution in [0.1, 0.15) is 49.9 Å². The van der Waals surface area contributed by atoms with Crippen LogP contribution in [-0.2, 0) is 12.8 Å². The van der Waals surface area contributed by atoms with E-state index in [9.17, 15) is 5.11 Å². The second kappa shape index (κ2) is 8.42. The number of ether oxygens (including phenoxy) is 1. The molecule has 0 aromatic heterocycles. The Morgan fingerprint density at radius 1 is 1.19 bits per heavy atom. The summed E-state index contributed by atoms with van der Waals surface area (Å²) in [6.07, 6.45) is 1.91. The molecule has 2 aromatic rings. The maximum atomic E-state index is 10.6. The maximum absolute atomic E-state index is 10.6. The smallest absolute Gasteiger partial charge is 0.124 e. The number of aliphatic hydroxyl groups excluding tert-OH is 1. The summed E-state index contributed by atoms with van der Waals surface area (Å²) in [7, 11) is 0. The molecule has 27 heavy (non-hydrogen) atoms. The Bertz CT molecular complexity index is 745. The molecule has 3 atom stereocenters. The van der Waals surface area contributed by atoms with Crippen LogP contribution in [0.3, 0.4) is 0 Å². The molecule has 0 amide bonds. The fourth-order valence-corrected chi connectivity index (χ4v) is 3.74. The number of hydrogen-bond acceptors (Lipinski definition) is 4. The zero-order valence-corrected chi connectivity index (χ0v) is 16.6. The second-order valence-corrected chi connectivity index (χ2v) is 8.17. The van der Waals surface area contributed by atoms with Gasteiger partial charge in [-0.15, -0.1) is 0 Å². The number of aryl methyl sites for hydroxylation is 1. The van der Waals surface area contributed by atoms with Crippen LogP contribution in [0, 0.1) is 0 Å². The van der Waals surface area contributed by atoms with Crippen LogP contribution < -0.4 is 15.8 Å². The van der Waals surface area contributed by atoms with Crippen LogP contribution in [0.25, 0.3) is 0 Å². The molecule has 0 radical (unpaired) electrons. The first kappa shape index (κ1) is 19.9. The van der Waals surface area contributed by atoms with E-state index in [0.29, 0.717) is 13.0 Å². The average Bonchev–Trinajstić information content (AvgIpc) is 2.65. The van der Waals surface area contributed by atoms with Gasteiger partial charge in [0.2, 0.25) is 0 Å². The summed E-state index contributed by atoms with van der Waals surface area (Å²) in [4.78, 5) is 0. The van der Waals surface area contributed by atoms with Crippen molar-refractivity contribution in [1.82, 2.24) is 5.32 Å². The molecule has 4 N–H and O–H groups in total. The second-order valence-electron chi connectivity index (χ2n) is 8.17. The van der Waals surface area contributed by atoms with E-state index >= 15 is 0 Å². The summed E-state index contributed by atoms with van der Waals surface area (Å²) in [5.41, 5.74) is 9.63. The average molecular weight is 369 g/mol. The molecular weight excluding hydrogens is 336 g/mol. The van der Waals surface area contributed by atoms with Gasteiger partial charge in [-0.1, -0.05) is 49.4 Å². The van der Waals surface area contributed by atoms with Crippen LogP contribution >= 0.6 is 0 Å². The first-order valence-electron chi connectivity index (χ1n) is 9.91. The normalized spacial score (nSPS) is 20.4. The lowest BCUT2D eigenvalue weighted by molar-refractivity contribution is 0.0604. The molecule has 0 bridgehead atoms. The zero-order chi connectivity index (χ0) is 19.4. The predicted molar refractivity (Wildman–Crippen MR) is 110 cm³/mol. The van der Waals surface area contributed by atoms with Crippen LogP contribution in [0.5, 0.6) is 5.75 Å². The first-order chi connectivity index (χ1) is 12.9. The van der Waals surface area contributed by atoms with Crippen molar-refractivity contribution in [3.05, 3.63) is 65.2 Å². The number of fused-ring (bicyclic) bond motifs is 1. The van der Waals surface area contributed by atoms with Gasteiger partial charge in [0.15, 0.2) is 0 Å². The van der Waals surface area contributed by atoms with Gasteiger partial charge in [0.1, 0.15) is 11.4 Å². The topological polar surface area (TPSA) is 67.5 Å². The highest BCUT2D eigenvalue weighted by atomic mass is 16.5. The van der Waals surface area contributed by atoms with Crippen LogP contribution in [0.15, 0.2) is 48.5 Å². The van der Waals surface area contributed by atoms with Gasteiger partial charge < -0.3 is 20.9 Å². The number of nitrogens with two attached hydrogens (primary N) is 1. The van der Waals surface area contributed by atoms with Crippen molar-refractivity contribution < 1.29 is 9.84 Å². The van der Waals surface area contributed by atoms with Gasteiger partial charge in [-0.25, -0.2) is 0 Å². The lowest BCUT2D eigenvalue weighted by Gasteiger charge is -2.38. The summed E-state index contributed by atoms with van der Waals surface area (Å²) in [6, 6.07) is 16.3. The summed E-state index contributed by atoms with van der Waals surface area (Å²) >= 11 is 0. The lowest BCUT2D eigenvalue weighted by Crippen LogP contribution is -2.46. The van der Waals surface area contributed by atoms with E-state index in [-0.39, 0.29) is 17.7 Å². The fraction of sp³-hybridized carbons (Fsp3) is 0.478. The van der Waals surface area contributed by atoms with Crippen molar-refractivity contribution in [3.63, 3.8) is 0 Å². The Hall–Kier alpha value is -1.88. The van der Waals surface area contributed by atoms with Gasteiger partial charge in [0, 0.05) is 30.6 Å². The molecule has 146 valence electrons. The third-order valence-electron chi connectivity index (χ3n) is 5.32. The van der Waals surface area contributed by atoms with Crippen LogP contribution in [-0.4, -0.2) is 29.4 Å². The number of rotatable bonds is 7. The van der Waals surface area contributed by atoms with Crippen molar-refractivity contribution in [1.29, 1.82) is 0 Å². The Kier molecular flexibility index (Phi) is 6.20. The molecular formula is C23H32N2O2. The Labute approximate surface area is 162 Å². The number of aliphatic hydroxyl groups is 1. The summed E-state index contributed by atoms with van der Waals surface area (Å²) in [5.74, 6) is 0.934. The highest BCUT2D eigenvalue weighted by molar-refractivity contribution is 5.42. The highest BCUT2D eigenvalue weighted by Crippen LogP contribution is 2.40. The molecule has 0 spiro atoms. The largest absolute Gasteiger partial charge is 0.487 e. The maximum Gasteiger partial charge on any atom is 0.124 e. The third kappa shape index (κ3) is 5.10. The van der Waals surface area contributed by atoms with Gasteiger partial charge >= 0.3 is 0 Å². The summed E-state index contributed by atoms with van der Waals surface area (Å²) < 4.78 is 6.16. The molecule has 0 fully saturated rings. The minimum Gasteiger partial charge on any atom is -0.487 e. The molecule has 0 saturated carbocycles. The Balaban J connectivity index is 1.66. The lowest BCUT2D eigenvalue weighted by atomic mass is 9.88. The van der Waals surface area contributed by atoms with E-state index < -0.39 is 6.10 Å². The van der Waals surface area contributed by atoms with E-state index in [2.05, 4.69) is 44.3 Å². The van der Waals surface area contributed by atoms with E-state index in [1.807, 2.05) is 30.3 Å². The summed E-state index contributed by atoms with van der Waals surface area (Å²) in [6.45, 7) is 6.83. The fourth-order valence-electron chi connectivity index (χ4n) is 3.74. The minimum absolute atomic E-state index is 0.147. The molecule has 1 aliphatic heterocycles. The van der Waals surface area contributed by atoms with Crippen LogP contribution in [0.4, 0.5) is 0 Å². The molecule has 1 heterocycles. The first-order valence-corrected chi connectivity index (χ1v) is 9.91. The van der Waals surface area contributed by atoms with Gasteiger partial charge in [-0.3, -0.25) is 0 Å². The number of hydrogen-bond donors (Lipinski definition) is 3. The highest BCUT2D eigenvalue weighted by Gasteiger charge is 2.34. The van der Waals surface area contributed by atoms with Gasteiger partial charge in [0.05, 0.1) is 6.10 Å². The molecule has 3 rings (SSSR count). The Morgan fingerprint density at radius 3 is 2.63 bits per heavy atom. The van der Waals surface area contributed by atoms with Gasteiger partial charge in [-0.05, 0) is 43.9 Å². The minimum atomic E-state index is -0.603. The van der Waals surface area contributed by atoms with E-state index in [1.54, 1.807) is 0 Å². The summed E-state index contributed by atoms with van der Waals surface area (Å²) in [5, 5.41) is 14.1. The molecule has 4 heteroatoms. The Morgan fingerprint density at radius 2 is 1.93 bits per heavy atom. The monoisotopic (exact) mass is 368 g/mol. The zero-order valence-electron chi connectivity index (χ0n) is 16.6. The van der Waals surface area contributed by atoms with Crippen molar-refractivity contribution in [2.75, 3.05) is 6.54 Å². The molecule has 2 aromatic carbocycles. The SMILES string of the molecule is CCc1ccc2c(c1)[C@@H](NC[C@H](O)[C@H](N)Cc1ccccc1)CC(C)(C)O2. The predicted octanol–water partition coefficient (Wildman–Crippen LogP) is 3.37. The molecule has 4 nitrogen and oxygen atoms in total. The van der Waals surface area contributed by atoms with E-state index in [4.69, 9.17) is 10.5 Å². The van der Waals surface area contributed by atoms with Crippen molar-refractivity contribution in [2.24, 2.45) is 5.73 Å². The molecule has 0 aliphatic carbocycles. The van der Waals surface area contributed by atoms with Crippen molar-refractivity contribution in [2.45, 2.75) is 63.8 Å². The van der Waals surface area contributed by atoms with Gasteiger partial charge in [-0.2, -0.15) is 0 Å². The quantitative estimate of drug-likeness (QED) is 0.701. The van der Waals surface area contributed by atoms with Crippen molar-refractivity contribution in [3.8, 4) is 5.75 Å². The van der Waals surface area contributed by atoms with Gasteiger partial charge in [0.25, 0.3) is 0 Å².